The highest BCUT2D eigenvalue weighted by Crippen LogP contribution is 2.22. The summed E-state index contributed by atoms with van der Waals surface area (Å²) in [5.41, 5.74) is 1.33. The normalized spacial score (nSPS) is 15.1. The fourth-order valence-electron chi connectivity index (χ4n) is 3.86. The fraction of sp³-hybridized carbons (Fsp3) is 0.381. The summed E-state index contributed by atoms with van der Waals surface area (Å²) in [6.45, 7) is 9.67. The Hall–Kier alpha value is -3.20. The standard InChI is InChI=1S/C21H25FN6O2/c1-14(2)12-28-17-18(25(3)21(30)24-19(17)29)23-20(28)27-10-8-26(9-11-27)13-15-6-4-5-7-16(15)22/h4-7H,1,8-13H2,2-3H3,(H,24,29,30). The largest absolute Gasteiger partial charge is 0.340 e. The van der Waals surface area contributed by atoms with Crippen molar-refractivity contribution in [2.75, 3.05) is 31.1 Å². The molecule has 158 valence electrons. The third kappa shape index (κ3) is 3.68. The Morgan fingerprint density at radius 2 is 1.90 bits per heavy atom. The Morgan fingerprint density at radius 1 is 1.20 bits per heavy atom. The van der Waals surface area contributed by atoms with Gasteiger partial charge in [-0.05, 0) is 13.0 Å². The lowest BCUT2D eigenvalue weighted by atomic mass is 10.2. The van der Waals surface area contributed by atoms with E-state index in [1.54, 1.807) is 19.2 Å². The highest BCUT2D eigenvalue weighted by Gasteiger charge is 2.25. The van der Waals surface area contributed by atoms with Gasteiger partial charge in [0.2, 0.25) is 5.95 Å². The number of hydrogen-bond acceptors (Lipinski definition) is 5. The number of aromatic nitrogens is 4. The minimum atomic E-state index is -0.492. The van der Waals surface area contributed by atoms with Gasteiger partial charge in [-0.2, -0.15) is 4.98 Å². The van der Waals surface area contributed by atoms with E-state index < -0.39 is 11.2 Å². The molecule has 1 N–H and O–H groups in total. The minimum absolute atomic E-state index is 0.191. The second kappa shape index (κ2) is 7.91. The molecule has 1 saturated heterocycles. The molecule has 3 heterocycles. The molecule has 1 fully saturated rings. The number of hydrogen-bond donors (Lipinski definition) is 1. The summed E-state index contributed by atoms with van der Waals surface area (Å²) in [6, 6.07) is 6.82. The van der Waals surface area contributed by atoms with E-state index in [2.05, 4.69) is 26.3 Å². The maximum atomic E-state index is 14.0. The summed E-state index contributed by atoms with van der Waals surface area (Å²) in [4.78, 5) is 35.8. The zero-order chi connectivity index (χ0) is 21.4. The first-order valence-corrected chi connectivity index (χ1v) is 9.90. The number of benzene rings is 1. The molecule has 0 saturated carbocycles. The van der Waals surface area contributed by atoms with Crippen LogP contribution in [0.3, 0.4) is 0 Å². The van der Waals surface area contributed by atoms with Gasteiger partial charge < -0.3 is 9.47 Å². The smallest absolute Gasteiger partial charge is 0.329 e. The Bertz CT molecular complexity index is 1220. The highest BCUT2D eigenvalue weighted by molar-refractivity contribution is 5.74. The van der Waals surface area contributed by atoms with Crippen molar-refractivity contribution in [3.05, 3.63) is 68.6 Å². The molecule has 0 unspecified atom stereocenters. The van der Waals surface area contributed by atoms with E-state index in [-0.39, 0.29) is 5.82 Å². The van der Waals surface area contributed by atoms with E-state index in [4.69, 9.17) is 0 Å². The van der Waals surface area contributed by atoms with E-state index in [1.807, 2.05) is 17.6 Å². The van der Waals surface area contributed by atoms with Gasteiger partial charge in [0, 0.05) is 51.9 Å². The zero-order valence-electron chi connectivity index (χ0n) is 17.2. The highest BCUT2D eigenvalue weighted by atomic mass is 19.1. The predicted octanol–water partition coefficient (Wildman–Crippen LogP) is 1.46. The third-order valence-electron chi connectivity index (χ3n) is 5.42. The van der Waals surface area contributed by atoms with Crippen LogP contribution in [0, 0.1) is 5.82 Å². The van der Waals surface area contributed by atoms with Gasteiger partial charge in [-0.15, -0.1) is 0 Å². The van der Waals surface area contributed by atoms with Crippen molar-refractivity contribution >= 4 is 17.1 Å². The van der Waals surface area contributed by atoms with Crippen LogP contribution in [0.4, 0.5) is 10.3 Å². The number of halogens is 1. The number of anilines is 1. The van der Waals surface area contributed by atoms with Crippen LogP contribution >= 0.6 is 0 Å². The van der Waals surface area contributed by atoms with E-state index >= 15 is 0 Å². The Morgan fingerprint density at radius 3 is 2.57 bits per heavy atom. The Balaban J connectivity index is 1.62. The summed E-state index contributed by atoms with van der Waals surface area (Å²) in [5, 5.41) is 0. The second-order valence-corrected chi connectivity index (χ2v) is 7.80. The Labute approximate surface area is 172 Å². The molecule has 30 heavy (non-hydrogen) atoms. The number of nitrogens with one attached hydrogen (secondary N) is 1. The molecule has 0 bridgehead atoms. The van der Waals surface area contributed by atoms with Crippen molar-refractivity contribution < 1.29 is 4.39 Å². The lowest BCUT2D eigenvalue weighted by Crippen LogP contribution is -2.47. The minimum Gasteiger partial charge on any atom is -0.340 e. The predicted molar refractivity (Wildman–Crippen MR) is 114 cm³/mol. The van der Waals surface area contributed by atoms with Gasteiger partial charge in [0.15, 0.2) is 11.2 Å². The first-order valence-electron chi connectivity index (χ1n) is 9.90. The van der Waals surface area contributed by atoms with Crippen molar-refractivity contribution in [3.8, 4) is 0 Å². The summed E-state index contributed by atoms with van der Waals surface area (Å²) in [6.07, 6.45) is 0. The van der Waals surface area contributed by atoms with E-state index in [1.165, 1.54) is 10.6 Å². The lowest BCUT2D eigenvalue weighted by molar-refractivity contribution is 0.245. The molecule has 1 aliphatic heterocycles. The first-order chi connectivity index (χ1) is 14.3. The SMILES string of the molecule is C=C(C)Cn1c(N2CCN(Cc3ccccc3F)CC2)nc2c1c(=O)[nH]c(=O)n2C. The van der Waals surface area contributed by atoms with Crippen LogP contribution in [-0.4, -0.2) is 50.2 Å². The lowest BCUT2D eigenvalue weighted by Gasteiger charge is -2.35. The molecule has 0 radical (unpaired) electrons. The molecule has 1 aromatic carbocycles. The van der Waals surface area contributed by atoms with Gasteiger partial charge in [0.25, 0.3) is 5.56 Å². The second-order valence-electron chi connectivity index (χ2n) is 7.80. The van der Waals surface area contributed by atoms with Gasteiger partial charge >= 0.3 is 5.69 Å². The third-order valence-corrected chi connectivity index (χ3v) is 5.42. The molecule has 9 heteroatoms. The van der Waals surface area contributed by atoms with Crippen molar-refractivity contribution in [1.82, 2.24) is 24.0 Å². The number of imidazole rings is 1. The van der Waals surface area contributed by atoms with Crippen LogP contribution in [0.5, 0.6) is 0 Å². The first kappa shape index (κ1) is 20.1. The average molecular weight is 412 g/mol. The molecule has 3 aromatic rings. The number of aryl methyl sites for hydroxylation is 1. The van der Waals surface area contributed by atoms with E-state index in [9.17, 15) is 14.0 Å². The summed E-state index contributed by atoms with van der Waals surface area (Å²) in [5.74, 6) is 0.452. The number of H-pyrrole nitrogens is 1. The van der Waals surface area contributed by atoms with Crippen LogP contribution in [0.2, 0.25) is 0 Å². The molecule has 0 aliphatic carbocycles. The van der Waals surface area contributed by atoms with Crippen LogP contribution in [-0.2, 0) is 20.1 Å². The molecule has 0 atom stereocenters. The van der Waals surface area contributed by atoms with Crippen molar-refractivity contribution in [2.24, 2.45) is 7.05 Å². The summed E-state index contributed by atoms with van der Waals surface area (Å²) < 4.78 is 17.1. The van der Waals surface area contributed by atoms with Crippen molar-refractivity contribution in [1.29, 1.82) is 0 Å². The van der Waals surface area contributed by atoms with Gasteiger partial charge in [-0.1, -0.05) is 30.4 Å². The zero-order valence-corrected chi connectivity index (χ0v) is 17.2. The molecule has 0 spiro atoms. The van der Waals surface area contributed by atoms with Gasteiger partial charge in [0.1, 0.15) is 5.82 Å². The number of fused-ring (bicyclic) bond motifs is 1. The quantitative estimate of drug-likeness (QED) is 0.642. The number of nitrogens with zero attached hydrogens (tertiary/aromatic N) is 5. The molecule has 2 aromatic heterocycles. The van der Waals surface area contributed by atoms with Crippen molar-refractivity contribution in [2.45, 2.75) is 20.0 Å². The van der Waals surface area contributed by atoms with Crippen LogP contribution in [0.25, 0.3) is 11.2 Å². The number of aromatic amines is 1. The molecule has 8 nitrogen and oxygen atoms in total. The maximum Gasteiger partial charge on any atom is 0.329 e. The molecule has 1 aliphatic rings. The Kier molecular flexibility index (Phi) is 5.29. The summed E-state index contributed by atoms with van der Waals surface area (Å²) in [7, 11) is 1.59. The topological polar surface area (TPSA) is 79.2 Å². The van der Waals surface area contributed by atoms with Crippen LogP contribution in [0.15, 0.2) is 46.0 Å². The number of rotatable bonds is 5. The molecular weight excluding hydrogens is 387 g/mol. The van der Waals surface area contributed by atoms with E-state index in [0.29, 0.717) is 48.9 Å². The monoisotopic (exact) mass is 412 g/mol. The fourth-order valence-corrected chi connectivity index (χ4v) is 3.86. The average Bonchev–Trinajstić information content (AvgIpc) is 3.08. The van der Waals surface area contributed by atoms with E-state index in [0.717, 1.165) is 18.7 Å². The van der Waals surface area contributed by atoms with Crippen molar-refractivity contribution in [3.63, 3.8) is 0 Å². The van der Waals surface area contributed by atoms with Crippen LogP contribution < -0.4 is 16.1 Å². The maximum absolute atomic E-state index is 14.0. The number of piperazine rings is 1. The molecule has 4 rings (SSSR count). The number of allylic oxidation sites excluding steroid dienone is 1. The van der Waals surface area contributed by atoms with Crippen LogP contribution in [0.1, 0.15) is 12.5 Å². The summed E-state index contributed by atoms with van der Waals surface area (Å²) >= 11 is 0. The van der Waals surface area contributed by atoms with Gasteiger partial charge in [-0.25, -0.2) is 9.18 Å². The van der Waals surface area contributed by atoms with Gasteiger partial charge in [-0.3, -0.25) is 19.2 Å². The van der Waals surface area contributed by atoms with Gasteiger partial charge in [0.05, 0.1) is 0 Å². The molecular formula is C21H25FN6O2. The molecule has 0 amide bonds.